The Hall–Kier alpha value is -6.74. The second kappa shape index (κ2) is 10.5. The normalized spacial score (nSPS) is 16.9. The largest absolute Gasteiger partial charge is 0.310 e. The molecule has 1 nitrogen and oxygen atoms in total. The molecular formula is C53H33NSi. The van der Waals surface area contributed by atoms with Gasteiger partial charge in [-0.15, -0.1) is 0 Å². The number of rotatable bonds is 1. The lowest BCUT2D eigenvalue weighted by Crippen LogP contribution is -2.70. The molecule has 254 valence electrons. The minimum Gasteiger partial charge on any atom is -0.310 e. The average molecular weight is 712 g/mol. The fraction of sp³-hybridized carbons (Fsp3) is 0.0189. The van der Waals surface area contributed by atoms with Crippen molar-refractivity contribution in [3.8, 4) is 33.4 Å². The van der Waals surface area contributed by atoms with E-state index in [2.05, 4.69) is 205 Å². The smallest absolute Gasteiger partial charge is 0.182 e. The second-order valence-electron chi connectivity index (χ2n) is 15.5. The molecule has 1 unspecified atom stereocenters. The molecule has 0 saturated heterocycles. The molecule has 1 atom stereocenters. The number of fused-ring (bicyclic) bond motifs is 21. The van der Waals surface area contributed by atoms with Crippen LogP contribution in [0.25, 0.3) is 44.2 Å². The summed E-state index contributed by atoms with van der Waals surface area (Å²) in [7, 11) is -2.70. The molecule has 0 bridgehead atoms. The Morgan fingerprint density at radius 1 is 0.345 bits per heavy atom. The maximum absolute atomic E-state index is 2.70. The molecule has 4 aliphatic rings. The van der Waals surface area contributed by atoms with Crippen LogP contribution in [0.4, 0.5) is 17.1 Å². The van der Waals surface area contributed by atoms with E-state index in [-0.39, 0.29) is 0 Å². The first-order valence-corrected chi connectivity index (χ1v) is 21.4. The Kier molecular flexibility index (Phi) is 5.65. The molecule has 0 N–H and O–H groups in total. The highest BCUT2D eigenvalue weighted by Gasteiger charge is 2.55. The first-order valence-electron chi connectivity index (χ1n) is 19.4. The van der Waals surface area contributed by atoms with Gasteiger partial charge in [0.1, 0.15) is 0 Å². The number of nitrogens with zero attached hydrogens (tertiary/aromatic N) is 1. The minimum absolute atomic E-state index is 0.426. The molecule has 0 saturated carbocycles. The van der Waals surface area contributed by atoms with Crippen LogP contribution in [0.5, 0.6) is 0 Å². The Balaban J connectivity index is 1.11. The van der Waals surface area contributed by atoms with Gasteiger partial charge in [-0.3, -0.25) is 0 Å². The van der Waals surface area contributed by atoms with Crippen LogP contribution >= 0.6 is 0 Å². The number of para-hydroxylation sites is 2. The molecule has 3 heterocycles. The third-order valence-electron chi connectivity index (χ3n) is 13.3. The standard InChI is InChI=1S/C53H33NSi/c1-2-16-36-34(15-1)29-32-50-52(36)41-20-6-14-28-49(41)55(50)48-27-13-5-19-39(48)40-31-30-35(33-51(40)55)54-46-25-11-9-23-44(46)53(45-24-10-12-26-47(45)54)42-21-7-3-17-37(42)38-18-4-8-22-43(38)53/h1-33H. The van der Waals surface area contributed by atoms with Crippen molar-refractivity contribution in [3.63, 3.8) is 0 Å². The van der Waals surface area contributed by atoms with Gasteiger partial charge in [-0.25, -0.2) is 0 Å². The summed E-state index contributed by atoms with van der Waals surface area (Å²) in [6.07, 6.45) is 0. The summed E-state index contributed by atoms with van der Waals surface area (Å²) in [4.78, 5) is 2.56. The SMILES string of the molecule is c1ccc2c(c1)-c1ccccc1C21c2ccccc2N(c2ccc3c(c2)[Si]2(c4ccccc4-3)c3ccccc3-c3c2ccc2ccccc32)c2ccccc21. The average Bonchev–Trinajstić information content (AvgIpc) is 3.84. The van der Waals surface area contributed by atoms with Crippen molar-refractivity contribution in [3.05, 3.63) is 222 Å². The van der Waals surface area contributed by atoms with Crippen LogP contribution in [-0.2, 0) is 5.41 Å². The van der Waals surface area contributed by atoms with Gasteiger partial charge in [-0.1, -0.05) is 176 Å². The summed E-state index contributed by atoms with van der Waals surface area (Å²) in [6, 6.07) is 76.3. The molecule has 0 amide bonds. The maximum atomic E-state index is 2.59. The highest BCUT2D eigenvalue weighted by atomic mass is 28.3. The van der Waals surface area contributed by atoms with Crippen molar-refractivity contribution < 1.29 is 0 Å². The van der Waals surface area contributed by atoms with E-state index in [9.17, 15) is 0 Å². The van der Waals surface area contributed by atoms with E-state index in [0.717, 1.165) is 0 Å². The monoisotopic (exact) mass is 711 g/mol. The molecule has 9 aromatic rings. The summed E-state index contributed by atoms with van der Waals surface area (Å²) < 4.78 is 0. The van der Waals surface area contributed by atoms with Crippen molar-refractivity contribution >= 4 is 56.7 Å². The predicted octanol–water partition coefficient (Wildman–Crippen LogP) is 10.3. The summed E-state index contributed by atoms with van der Waals surface area (Å²) in [6.45, 7) is 0. The maximum Gasteiger partial charge on any atom is 0.182 e. The van der Waals surface area contributed by atoms with Crippen molar-refractivity contribution in [2.45, 2.75) is 5.41 Å². The lowest BCUT2D eigenvalue weighted by atomic mass is 9.64. The van der Waals surface area contributed by atoms with Gasteiger partial charge in [0, 0.05) is 5.69 Å². The zero-order valence-electron chi connectivity index (χ0n) is 30.0. The van der Waals surface area contributed by atoms with Gasteiger partial charge in [-0.05, 0) is 111 Å². The van der Waals surface area contributed by atoms with Gasteiger partial charge >= 0.3 is 0 Å². The summed E-state index contributed by atoms with van der Waals surface area (Å²) >= 11 is 0. The van der Waals surface area contributed by atoms with Crippen LogP contribution < -0.4 is 25.6 Å². The number of benzene rings is 9. The molecule has 55 heavy (non-hydrogen) atoms. The molecule has 9 aromatic carbocycles. The highest BCUT2D eigenvalue weighted by molar-refractivity contribution is 7.24. The molecule has 3 aliphatic heterocycles. The molecule has 0 radical (unpaired) electrons. The third kappa shape index (κ3) is 3.42. The fourth-order valence-corrected chi connectivity index (χ4v) is 17.0. The van der Waals surface area contributed by atoms with E-state index in [1.165, 1.54) is 104 Å². The Morgan fingerprint density at radius 3 is 1.55 bits per heavy atom. The Morgan fingerprint density at radius 2 is 0.855 bits per heavy atom. The van der Waals surface area contributed by atoms with Crippen LogP contribution in [0.15, 0.2) is 200 Å². The zero-order chi connectivity index (χ0) is 35.9. The van der Waals surface area contributed by atoms with Crippen molar-refractivity contribution in [1.82, 2.24) is 0 Å². The van der Waals surface area contributed by atoms with E-state index in [0.29, 0.717) is 0 Å². The Labute approximate surface area is 321 Å². The van der Waals surface area contributed by atoms with E-state index in [1.54, 1.807) is 0 Å². The van der Waals surface area contributed by atoms with Crippen LogP contribution in [0.1, 0.15) is 22.3 Å². The van der Waals surface area contributed by atoms with Crippen molar-refractivity contribution in [2.24, 2.45) is 0 Å². The molecule has 0 fully saturated rings. The van der Waals surface area contributed by atoms with Gasteiger partial charge in [0.2, 0.25) is 0 Å². The lowest BCUT2D eigenvalue weighted by Gasteiger charge is -2.45. The summed E-state index contributed by atoms with van der Waals surface area (Å²) in [5, 5.41) is 8.64. The highest BCUT2D eigenvalue weighted by Crippen LogP contribution is 2.63. The molecule has 2 spiro atoms. The van der Waals surface area contributed by atoms with E-state index in [4.69, 9.17) is 0 Å². The van der Waals surface area contributed by atoms with Gasteiger partial charge in [-0.2, -0.15) is 0 Å². The zero-order valence-corrected chi connectivity index (χ0v) is 31.0. The number of hydrogen-bond acceptors (Lipinski definition) is 1. The molecule has 2 heteroatoms. The summed E-state index contributed by atoms with van der Waals surface area (Å²) in [5.41, 5.74) is 16.8. The minimum atomic E-state index is -2.70. The van der Waals surface area contributed by atoms with Crippen molar-refractivity contribution in [2.75, 3.05) is 4.90 Å². The van der Waals surface area contributed by atoms with Crippen LogP contribution in [0.3, 0.4) is 0 Å². The topological polar surface area (TPSA) is 3.24 Å². The molecule has 0 aromatic heterocycles. The van der Waals surface area contributed by atoms with E-state index >= 15 is 0 Å². The first-order chi connectivity index (χ1) is 27.3. The van der Waals surface area contributed by atoms with Crippen molar-refractivity contribution in [1.29, 1.82) is 0 Å². The third-order valence-corrected chi connectivity index (χ3v) is 18.2. The lowest BCUT2D eigenvalue weighted by molar-refractivity contribution is 0.752. The number of hydrogen-bond donors (Lipinski definition) is 0. The number of anilines is 3. The molecule has 1 aliphatic carbocycles. The van der Waals surface area contributed by atoms with E-state index < -0.39 is 13.5 Å². The fourth-order valence-electron chi connectivity index (χ4n) is 11.4. The van der Waals surface area contributed by atoms with Crippen LogP contribution in [0.2, 0.25) is 0 Å². The van der Waals surface area contributed by atoms with Gasteiger partial charge < -0.3 is 4.90 Å². The van der Waals surface area contributed by atoms with Gasteiger partial charge in [0.15, 0.2) is 8.07 Å². The van der Waals surface area contributed by atoms with Crippen LogP contribution in [0, 0.1) is 0 Å². The van der Waals surface area contributed by atoms with Crippen LogP contribution in [-0.4, -0.2) is 8.07 Å². The summed E-state index contributed by atoms with van der Waals surface area (Å²) in [5.74, 6) is 0. The quantitative estimate of drug-likeness (QED) is 0.153. The van der Waals surface area contributed by atoms with Gasteiger partial charge in [0.05, 0.1) is 16.8 Å². The van der Waals surface area contributed by atoms with Gasteiger partial charge in [0.25, 0.3) is 0 Å². The Bertz CT molecular complexity index is 3040. The first kappa shape index (κ1) is 29.7. The molecule has 13 rings (SSSR count). The van der Waals surface area contributed by atoms with E-state index in [1.807, 2.05) is 0 Å². The predicted molar refractivity (Wildman–Crippen MR) is 231 cm³/mol. The molecular weight excluding hydrogens is 679 g/mol. The second-order valence-corrected chi connectivity index (χ2v) is 19.1.